The first-order chi connectivity index (χ1) is 22.4. The Kier molecular flexibility index (Phi) is 11.0. The lowest BCUT2D eigenvalue weighted by Gasteiger charge is -2.11. The summed E-state index contributed by atoms with van der Waals surface area (Å²) in [6.07, 6.45) is 0. The zero-order valence-electron chi connectivity index (χ0n) is 25.3. The molecule has 3 N–H and O–H groups in total. The van der Waals surface area contributed by atoms with Crippen molar-refractivity contribution in [3.05, 3.63) is 84.9 Å². The molecule has 0 aliphatic heterocycles. The Hall–Kier alpha value is -5.19. The van der Waals surface area contributed by atoms with Gasteiger partial charge in [0.1, 0.15) is 32.8 Å². The second-order valence-corrected chi connectivity index (χ2v) is 13.4. The number of para-hydroxylation sites is 2. The maximum Gasteiger partial charge on any atom is 0.266 e. The van der Waals surface area contributed by atoms with Crippen LogP contribution in [-0.4, -0.2) is 55.6 Å². The zero-order chi connectivity index (χ0) is 34.2. The van der Waals surface area contributed by atoms with Crippen LogP contribution in [0, 0.1) is 0 Å². The van der Waals surface area contributed by atoms with Gasteiger partial charge in [-0.25, -0.2) is 16.8 Å². The molecule has 0 radical (unpaired) electrons. The first-order valence-corrected chi connectivity index (χ1v) is 17.1. The van der Waals surface area contributed by atoms with E-state index in [2.05, 4.69) is 15.0 Å². The number of halogens is 1. The summed E-state index contributed by atoms with van der Waals surface area (Å²) >= 11 is 0. The van der Waals surface area contributed by atoms with Crippen molar-refractivity contribution in [1.29, 1.82) is 0 Å². The minimum atomic E-state index is -3.90. The lowest BCUT2D eigenvalue weighted by Crippen LogP contribution is -2.14. The van der Waals surface area contributed by atoms with Crippen LogP contribution in [0.2, 0.25) is 0 Å². The van der Waals surface area contributed by atoms with E-state index in [0.29, 0.717) is 28.3 Å². The van der Waals surface area contributed by atoms with Crippen molar-refractivity contribution >= 4 is 63.3 Å². The molecule has 6 aromatic rings. The van der Waals surface area contributed by atoms with E-state index < -0.39 is 19.1 Å². The van der Waals surface area contributed by atoms with Gasteiger partial charge < -0.3 is 33.7 Å². The summed E-state index contributed by atoms with van der Waals surface area (Å²) in [5, 5.41) is 8.81. The van der Waals surface area contributed by atoms with E-state index in [1.807, 2.05) is 24.3 Å². The van der Waals surface area contributed by atoms with E-state index >= 15 is 0 Å². The molecule has 0 saturated heterocycles. The van der Waals surface area contributed by atoms with Crippen LogP contribution in [0.15, 0.2) is 104 Å². The molecule has 47 heavy (non-hydrogen) atoms. The van der Waals surface area contributed by atoms with Crippen molar-refractivity contribution in [2.45, 2.75) is 9.79 Å². The molecule has 0 atom stereocenters. The van der Waals surface area contributed by atoms with Gasteiger partial charge in [-0.1, -0.05) is 34.6 Å². The molecule has 0 fully saturated rings. The number of fused-ring (bicyclic) bond motifs is 2. The highest BCUT2D eigenvalue weighted by Gasteiger charge is 2.23. The first-order valence-electron chi connectivity index (χ1n) is 13.3. The van der Waals surface area contributed by atoms with E-state index in [9.17, 15) is 16.8 Å². The van der Waals surface area contributed by atoms with E-state index in [0.717, 1.165) is 11.0 Å². The monoisotopic (exact) mass is 704 g/mol. The second-order valence-electron chi connectivity index (χ2n) is 9.17. The van der Waals surface area contributed by atoms with Crippen molar-refractivity contribution < 1.29 is 44.8 Å². The Bertz CT molecular complexity index is 2200. The number of benzene rings is 4. The summed E-state index contributed by atoms with van der Waals surface area (Å²) in [5.74, 6) is 1.91. The smallest absolute Gasteiger partial charge is 0.266 e. The van der Waals surface area contributed by atoms with Gasteiger partial charge in [0.15, 0.2) is 22.8 Å². The van der Waals surface area contributed by atoms with Crippen molar-refractivity contribution in [2.75, 3.05) is 38.9 Å². The number of hydrogen-bond acceptors (Lipinski definition) is 13. The molecule has 0 aliphatic rings. The van der Waals surface area contributed by atoms with Crippen LogP contribution in [-0.2, 0) is 19.1 Å². The Morgan fingerprint density at radius 1 is 0.660 bits per heavy atom. The van der Waals surface area contributed by atoms with Gasteiger partial charge in [-0.3, -0.25) is 4.72 Å². The first kappa shape index (κ1) is 34.7. The Morgan fingerprint density at radius 3 is 1.68 bits per heavy atom. The average molecular weight is 705 g/mol. The molecule has 6 rings (SSSR count). The SMILES string of the molecule is COc1ccc(S(=O)(=O)Cl)c(OC)c1.COc1ccc(S(=O)(=O)Nc2noc3ccccc23)c(OC)c1.Nc1noc2ccccc12. The highest BCUT2D eigenvalue weighted by Crippen LogP contribution is 2.32. The second kappa shape index (κ2) is 14.9. The number of nitrogen functional groups attached to an aromatic ring is 1. The lowest BCUT2D eigenvalue weighted by molar-refractivity contribution is 0.386. The average Bonchev–Trinajstić information content (AvgIpc) is 3.66. The molecule has 0 aliphatic carbocycles. The van der Waals surface area contributed by atoms with Crippen LogP contribution >= 0.6 is 10.7 Å². The maximum absolute atomic E-state index is 12.6. The van der Waals surface area contributed by atoms with Crippen molar-refractivity contribution in [3.63, 3.8) is 0 Å². The third-order valence-electron chi connectivity index (χ3n) is 6.31. The molecule has 0 bridgehead atoms. The molecule has 2 heterocycles. The van der Waals surface area contributed by atoms with Crippen molar-refractivity contribution in [2.24, 2.45) is 0 Å². The number of nitrogens with one attached hydrogen (secondary N) is 1. The number of hydrogen-bond donors (Lipinski definition) is 2. The number of nitrogens with two attached hydrogens (primary N) is 1. The summed E-state index contributed by atoms with van der Waals surface area (Å²) in [7, 11) is 3.23. The fourth-order valence-electron chi connectivity index (χ4n) is 4.02. The summed E-state index contributed by atoms with van der Waals surface area (Å²) in [6.45, 7) is 0. The fraction of sp³-hybridized carbons (Fsp3) is 0.133. The largest absolute Gasteiger partial charge is 0.497 e. The Balaban J connectivity index is 0.000000176. The number of sulfonamides is 1. The van der Waals surface area contributed by atoms with Gasteiger partial charge in [-0.15, -0.1) is 0 Å². The molecular weight excluding hydrogens is 676 g/mol. The standard InChI is InChI=1S/C15H14N2O5S.C8H9ClO4S.C7H6N2O/c1-20-10-7-8-14(13(9-10)21-2)23(18,19)17-15-11-5-3-4-6-12(11)22-16-15;1-12-6-3-4-8(14(9,10)11)7(5-6)13-2;8-7-5-3-1-2-4-6(5)10-9-7/h3-9H,1-2H3,(H,16,17);3-5H,1-2H3;1-4H,(H2,8,9). The maximum atomic E-state index is 12.6. The van der Waals surface area contributed by atoms with E-state index in [-0.39, 0.29) is 27.1 Å². The van der Waals surface area contributed by atoms with Crippen LogP contribution in [0.1, 0.15) is 0 Å². The number of rotatable bonds is 8. The van der Waals surface area contributed by atoms with Gasteiger partial charge in [0.25, 0.3) is 19.1 Å². The third kappa shape index (κ3) is 8.35. The Labute approximate surface area is 274 Å². The number of nitrogens with zero attached hydrogens (tertiary/aromatic N) is 2. The molecule has 0 saturated carbocycles. The fourth-order valence-corrected chi connectivity index (χ4v) is 6.18. The van der Waals surface area contributed by atoms with Crippen molar-refractivity contribution in [3.8, 4) is 23.0 Å². The van der Waals surface area contributed by atoms with Crippen LogP contribution in [0.3, 0.4) is 0 Å². The lowest BCUT2D eigenvalue weighted by atomic mass is 10.2. The number of methoxy groups -OCH3 is 4. The molecule has 17 heteroatoms. The summed E-state index contributed by atoms with van der Waals surface area (Å²) in [4.78, 5) is -0.0876. The topological polar surface area (TPSA) is 195 Å². The molecule has 248 valence electrons. The molecule has 4 aromatic carbocycles. The van der Waals surface area contributed by atoms with Crippen molar-refractivity contribution in [1.82, 2.24) is 10.3 Å². The molecule has 0 unspecified atom stereocenters. The minimum absolute atomic E-state index is 0.0205. The Morgan fingerprint density at radius 2 is 1.15 bits per heavy atom. The molecule has 0 spiro atoms. The van der Waals surface area contributed by atoms with Crippen LogP contribution in [0.5, 0.6) is 23.0 Å². The third-order valence-corrected chi connectivity index (χ3v) is 9.05. The van der Waals surface area contributed by atoms with Crippen LogP contribution in [0.25, 0.3) is 21.9 Å². The highest BCUT2D eigenvalue weighted by molar-refractivity contribution is 8.13. The van der Waals surface area contributed by atoms with Gasteiger partial charge in [0, 0.05) is 22.8 Å². The number of aromatic nitrogens is 2. The van der Waals surface area contributed by atoms with Crippen LogP contribution < -0.4 is 29.4 Å². The number of ether oxygens (including phenoxy) is 4. The van der Waals surface area contributed by atoms with Gasteiger partial charge in [-0.2, -0.15) is 0 Å². The van der Waals surface area contributed by atoms with Gasteiger partial charge in [0.2, 0.25) is 0 Å². The molecule has 14 nitrogen and oxygen atoms in total. The summed E-state index contributed by atoms with van der Waals surface area (Å²) in [5.41, 5.74) is 6.70. The molecule has 0 amide bonds. The van der Waals surface area contributed by atoms with Crippen LogP contribution in [0.4, 0.5) is 11.6 Å². The summed E-state index contributed by atoms with van der Waals surface area (Å²) < 4.78 is 79.7. The zero-order valence-corrected chi connectivity index (χ0v) is 27.7. The predicted molar refractivity (Wildman–Crippen MR) is 175 cm³/mol. The molecular formula is C30H29ClN4O10S2. The quantitative estimate of drug-likeness (QED) is 0.184. The van der Waals surface area contributed by atoms with E-state index in [4.69, 9.17) is 44.4 Å². The molecule has 2 aromatic heterocycles. The minimum Gasteiger partial charge on any atom is -0.497 e. The van der Waals surface area contributed by atoms with Gasteiger partial charge in [-0.05, 0) is 48.5 Å². The van der Waals surface area contributed by atoms with E-state index in [1.165, 1.54) is 64.8 Å². The van der Waals surface area contributed by atoms with Gasteiger partial charge >= 0.3 is 0 Å². The highest BCUT2D eigenvalue weighted by atomic mass is 35.7. The predicted octanol–water partition coefficient (Wildman–Crippen LogP) is 5.69. The summed E-state index contributed by atoms with van der Waals surface area (Å²) in [6, 6.07) is 23.2. The van der Waals surface area contributed by atoms with Gasteiger partial charge in [0.05, 0.1) is 39.2 Å². The number of anilines is 2. The normalized spacial score (nSPS) is 11.1. The van der Waals surface area contributed by atoms with E-state index in [1.54, 1.807) is 24.3 Å².